The van der Waals surface area contributed by atoms with Gasteiger partial charge in [-0.3, -0.25) is 9.59 Å². The second kappa shape index (κ2) is 6.06. The molecule has 6 heteroatoms. The molecule has 2 aliphatic rings. The molecule has 2 aliphatic heterocycles. The lowest BCUT2D eigenvalue weighted by Gasteiger charge is -2.35. The first kappa shape index (κ1) is 15.0. The number of amides is 2. The van der Waals surface area contributed by atoms with E-state index in [2.05, 4.69) is 0 Å². The Balaban J connectivity index is 1.78. The van der Waals surface area contributed by atoms with Crippen molar-refractivity contribution in [2.24, 2.45) is 5.73 Å². The van der Waals surface area contributed by atoms with E-state index in [9.17, 15) is 14.7 Å². The Bertz CT molecular complexity index is 590. The van der Waals surface area contributed by atoms with E-state index in [0.717, 1.165) is 24.1 Å². The fourth-order valence-electron chi connectivity index (χ4n) is 3.17. The highest BCUT2D eigenvalue weighted by molar-refractivity contribution is 6.03. The van der Waals surface area contributed by atoms with Crippen LogP contribution in [0.4, 0.5) is 5.69 Å². The number of para-hydroxylation sites is 1. The average Bonchev–Trinajstić information content (AvgIpc) is 2.51. The molecule has 3 rings (SSSR count). The van der Waals surface area contributed by atoms with Crippen molar-refractivity contribution in [2.45, 2.75) is 31.4 Å². The predicted octanol–water partition coefficient (Wildman–Crippen LogP) is -0.114. The standard InChI is InChI=1S/C16H21N3O3/c17-13-8-11-4-1-2-6-14(11)19(16(13)22)10-15(21)18-7-3-5-12(20)9-18/h1-2,4,6,12-13,20H,3,5,7-10,17H2. The van der Waals surface area contributed by atoms with Crippen LogP contribution in [0.5, 0.6) is 0 Å². The quantitative estimate of drug-likeness (QED) is 0.798. The zero-order chi connectivity index (χ0) is 15.7. The lowest BCUT2D eigenvalue weighted by atomic mass is 9.97. The van der Waals surface area contributed by atoms with Crippen LogP contribution in [0.25, 0.3) is 0 Å². The van der Waals surface area contributed by atoms with Crippen LogP contribution in [0, 0.1) is 0 Å². The number of carbonyl (C=O) groups excluding carboxylic acids is 2. The summed E-state index contributed by atoms with van der Waals surface area (Å²) in [6.07, 6.45) is 1.54. The fourth-order valence-corrected chi connectivity index (χ4v) is 3.17. The zero-order valence-electron chi connectivity index (χ0n) is 12.4. The Labute approximate surface area is 129 Å². The molecule has 2 heterocycles. The molecule has 118 valence electrons. The van der Waals surface area contributed by atoms with Gasteiger partial charge in [0.1, 0.15) is 6.54 Å². The smallest absolute Gasteiger partial charge is 0.244 e. The number of likely N-dealkylation sites (tertiary alicyclic amines) is 1. The fraction of sp³-hybridized carbons (Fsp3) is 0.500. The Morgan fingerprint density at radius 3 is 2.91 bits per heavy atom. The zero-order valence-corrected chi connectivity index (χ0v) is 12.4. The van der Waals surface area contributed by atoms with Gasteiger partial charge in [0, 0.05) is 18.8 Å². The van der Waals surface area contributed by atoms with E-state index >= 15 is 0 Å². The summed E-state index contributed by atoms with van der Waals surface area (Å²) in [6, 6.07) is 6.93. The summed E-state index contributed by atoms with van der Waals surface area (Å²) in [5.74, 6) is -0.361. The molecule has 1 aromatic carbocycles. The van der Waals surface area contributed by atoms with Crippen LogP contribution in [0.1, 0.15) is 18.4 Å². The van der Waals surface area contributed by atoms with Gasteiger partial charge in [0.25, 0.3) is 0 Å². The summed E-state index contributed by atoms with van der Waals surface area (Å²) in [5, 5.41) is 9.69. The number of hydrogen-bond acceptors (Lipinski definition) is 4. The molecular formula is C16H21N3O3. The van der Waals surface area contributed by atoms with Crippen LogP contribution in [-0.2, 0) is 16.0 Å². The maximum Gasteiger partial charge on any atom is 0.244 e. The summed E-state index contributed by atoms with van der Waals surface area (Å²) in [4.78, 5) is 27.9. The van der Waals surface area contributed by atoms with E-state index in [1.807, 2.05) is 24.3 Å². The molecule has 2 atom stereocenters. The van der Waals surface area contributed by atoms with Crippen molar-refractivity contribution in [3.05, 3.63) is 29.8 Å². The van der Waals surface area contributed by atoms with E-state index < -0.39 is 12.1 Å². The van der Waals surface area contributed by atoms with E-state index in [-0.39, 0.29) is 18.4 Å². The molecule has 1 saturated heterocycles. The molecule has 0 radical (unpaired) electrons. The van der Waals surface area contributed by atoms with Gasteiger partial charge in [-0.15, -0.1) is 0 Å². The van der Waals surface area contributed by atoms with Gasteiger partial charge in [-0.05, 0) is 30.9 Å². The number of anilines is 1. The Morgan fingerprint density at radius 1 is 1.36 bits per heavy atom. The highest BCUT2D eigenvalue weighted by Gasteiger charge is 2.33. The first-order chi connectivity index (χ1) is 10.6. The van der Waals surface area contributed by atoms with Crippen LogP contribution < -0.4 is 10.6 Å². The molecule has 0 spiro atoms. The number of fused-ring (bicyclic) bond motifs is 1. The first-order valence-corrected chi connectivity index (χ1v) is 7.67. The molecule has 1 aromatic rings. The summed E-state index contributed by atoms with van der Waals surface area (Å²) in [7, 11) is 0. The number of hydrogen-bond donors (Lipinski definition) is 2. The molecule has 2 unspecified atom stereocenters. The van der Waals surface area contributed by atoms with Crippen LogP contribution in [0.2, 0.25) is 0 Å². The molecular weight excluding hydrogens is 282 g/mol. The van der Waals surface area contributed by atoms with Gasteiger partial charge < -0.3 is 20.6 Å². The van der Waals surface area contributed by atoms with Crippen LogP contribution >= 0.6 is 0 Å². The molecule has 0 aliphatic carbocycles. The Morgan fingerprint density at radius 2 is 2.14 bits per heavy atom. The molecule has 0 bridgehead atoms. The van der Waals surface area contributed by atoms with Crippen LogP contribution in [-0.4, -0.2) is 53.6 Å². The minimum absolute atomic E-state index is 0.0176. The number of aliphatic hydroxyl groups excluding tert-OH is 1. The number of rotatable bonds is 2. The van der Waals surface area contributed by atoms with Crippen molar-refractivity contribution >= 4 is 17.5 Å². The van der Waals surface area contributed by atoms with Crippen molar-refractivity contribution in [1.82, 2.24) is 4.90 Å². The summed E-state index contributed by atoms with van der Waals surface area (Å²) in [5.41, 5.74) is 7.65. The van der Waals surface area contributed by atoms with E-state index in [0.29, 0.717) is 19.5 Å². The summed E-state index contributed by atoms with van der Waals surface area (Å²) < 4.78 is 0. The minimum atomic E-state index is -0.602. The van der Waals surface area contributed by atoms with Crippen molar-refractivity contribution in [1.29, 1.82) is 0 Å². The van der Waals surface area contributed by atoms with Crippen LogP contribution in [0.15, 0.2) is 24.3 Å². The number of β-amino-alcohol motifs (C(OH)–C–C–N with tert-alkyl or cyclic N) is 1. The van der Waals surface area contributed by atoms with E-state index in [1.54, 1.807) is 4.90 Å². The molecule has 0 saturated carbocycles. The van der Waals surface area contributed by atoms with Gasteiger partial charge in [-0.2, -0.15) is 0 Å². The van der Waals surface area contributed by atoms with Gasteiger partial charge in [0.15, 0.2) is 0 Å². The Hall–Kier alpha value is -1.92. The molecule has 3 N–H and O–H groups in total. The van der Waals surface area contributed by atoms with E-state index in [4.69, 9.17) is 5.73 Å². The number of benzene rings is 1. The van der Waals surface area contributed by atoms with Crippen molar-refractivity contribution < 1.29 is 14.7 Å². The SMILES string of the molecule is NC1Cc2ccccc2N(CC(=O)N2CCCC(O)C2)C1=O. The summed E-state index contributed by atoms with van der Waals surface area (Å²) in [6.45, 7) is 0.955. The number of piperidine rings is 1. The van der Waals surface area contributed by atoms with Gasteiger partial charge in [-0.1, -0.05) is 18.2 Å². The highest BCUT2D eigenvalue weighted by Crippen LogP contribution is 2.27. The Kier molecular flexibility index (Phi) is 4.13. The summed E-state index contributed by atoms with van der Waals surface area (Å²) >= 11 is 0. The van der Waals surface area contributed by atoms with Gasteiger partial charge in [0.05, 0.1) is 12.1 Å². The molecule has 22 heavy (non-hydrogen) atoms. The van der Waals surface area contributed by atoms with Gasteiger partial charge in [-0.25, -0.2) is 0 Å². The number of carbonyl (C=O) groups is 2. The molecule has 0 aromatic heterocycles. The maximum atomic E-state index is 12.5. The van der Waals surface area contributed by atoms with Crippen molar-refractivity contribution in [3.8, 4) is 0 Å². The molecule has 2 amide bonds. The lowest BCUT2D eigenvalue weighted by Crippen LogP contribution is -2.53. The lowest BCUT2D eigenvalue weighted by molar-refractivity contribution is -0.134. The van der Waals surface area contributed by atoms with E-state index in [1.165, 1.54) is 4.90 Å². The maximum absolute atomic E-state index is 12.5. The monoisotopic (exact) mass is 303 g/mol. The minimum Gasteiger partial charge on any atom is -0.391 e. The predicted molar refractivity (Wildman–Crippen MR) is 82.3 cm³/mol. The number of nitrogens with zero attached hydrogens (tertiary/aromatic N) is 2. The average molecular weight is 303 g/mol. The number of aliphatic hydroxyl groups is 1. The third-order valence-electron chi connectivity index (χ3n) is 4.35. The second-order valence-electron chi connectivity index (χ2n) is 6.00. The normalized spacial score (nSPS) is 25.1. The van der Waals surface area contributed by atoms with Gasteiger partial charge in [0.2, 0.25) is 11.8 Å². The molecule has 6 nitrogen and oxygen atoms in total. The largest absolute Gasteiger partial charge is 0.391 e. The highest BCUT2D eigenvalue weighted by atomic mass is 16.3. The van der Waals surface area contributed by atoms with Crippen LogP contribution in [0.3, 0.4) is 0 Å². The first-order valence-electron chi connectivity index (χ1n) is 7.67. The third kappa shape index (κ3) is 2.84. The second-order valence-corrected chi connectivity index (χ2v) is 6.00. The van der Waals surface area contributed by atoms with Crippen molar-refractivity contribution in [2.75, 3.05) is 24.5 Å². The number of nitrogens with two attached hydrogens (primary N) is 1. The molecule has 1 fully saturated rings. The van der Waals surface area contributed by atoms with Gasteiger partial charge >= 0.3 is 0 Å². The van der Waals surface area contributed by atoms with Crippen molar-refractivity contribution in [3.63, 3.8) is 0 Å². The third-order valence-corrected chi connectivity index (χ3v) is 4.35. The topological polar surface area (TPSA) is 86.9 Å².